The second-order valence-corrected chi connectivity index (χ2v) is 7.99. The number of nitrogens with one attached hydrogen (secondary N) is 1. The Kier molecular flexibility index (Phi) is 7.95. The molecule has 0 saturated carbocycles. The molecule has 1 heterocycles. The molecule has 9 heteroatoms. The minimum absolute atomic E-state index is 0.0625. The molecule has 1 fully saturated rings. The normalized spacial score (nSPS) is 14.7. The van der Waals surface area contributed by atoms with Gasteiger partial charge in [0.15, 0.2) is 11.5 Å². The van der Waals surface area contributed by atoms with Crippen molar-refractivity contribution < 1.29 is 28.6 Å². The van der Waals surface area contributed by atoms with Gasteiger partial charge in [0.25, 0.3) is 11.8 Å². The molecule has 0 unspecified atom stereocenters. The van der Waals surface area contributed by atoms with Crippen molar-refractivity contribution >= 4 is 52.2 Å². The third kappa shape index (κ3) is 5.46. The van der Waals surface area contributed by atoms with E-state index in [4.69, 9.17) is 20.6 Å². The fourth-order valence-electron chi connectivity index (χ4n) is 3.05. The van der Waals surface area contributed by atoms with Crippen LogP contribution in [0.15, 0.2) is 42.0 Å². The summed E-state index contributed by atoms with van der Waals surface area (Å²) in [6.07, 6.45) is 7.50. The number of hydrogen-bond donors (Lipinski definition) is 1. The number of imide groups is 2. The summed E-state index contributed by atoms with van der Waals surface area (Å²) in [7, 11) is 1.47. The maximum absolute atomic E-state index is 13.1. The summed E-state index contributed by atoms with van der Waals surface area (Å²) < 4.78 is 17.1. The third-order valence-electron chi connectivity index (χ3n) is 4.53. The van der Waals surface area contributed by atoms with Gasteiger partial charge >= 0.3 is 6.03 Å². The molecular formula is C24H21IN2O6. The molecule has 1 aliphatic heterocycles. The Balaban J connectivity index is 1.94. The first-order valence-corrected chi connectivity index (χ1v) is 11.1. The molecule has 0 aromatic heterocycles. The summed E-state index contributed by atoms with van der Waals surface area (Å²) in [5.41, 5.74) is 0.626. The number of hydrogen-bond acceptors (Lipinski definition) is 6. The highest BCUT2D eigenvalue weighted by molar-refractivity contribution is 14.1. The fraction of sp³-hybridized carbons (Fsp3) is 0.208. The van der Waals surface area contributed by atoms with Crippen LogP contribution in [-0.4, -0.2) is 38.2 Å². The van der Waals surface area contributed by atoms with Crippen molar-refractivity contribution in [3.05, 3.63) is 51.1 Å². The van der Waals surface area contributed by atoms with Crippen LogP contribution in [0.2, 0.25) is 0 Å². The molecule has 4 amide bonds. The summed E-state index contributed by atoms with van der Waals surface area (Å²) in [4.78, 5) is 38.9. The molecule has 0 bridgehead atoms. The SMILES string of the molecule is C#CCOc1c(I)cc(/C=C2/C(=O)NC(=O)N(c3ccc(OCCC)cc3)C2=O)cc1OC. The molecule has 1 saturated heterocycles. The van der Waals surface area contributed by atoms with E-state index in [-0.39, 0.29) is 12.2 Å². The zero-order valence-electron chi connectivity index (χ0n) is 18.0. The smallest absolute Gasteiger partial charge is 0.335 e. The number of terminal acetylenes is 1. The highest BCUT2D eigenvalue weighted by atomic mass is 127. The van der Waals surface area contributed by atoms with E-state index in [0.29, 0.717) is 38.7 Å². The number of ether oxygens (including phenoxy) is 3. The molecular weight excluding hydrogens is 539 g/mol. The number of barbiturate groups is 1. The number of anilines is 1. The van der Waals surface area contributed by atoms with E-state index < -0.39 is 17.8 Å². The quantitative estimate of drug-likeness (QED) is 0.229. The van der Waals surface area contributed by atoms with Gasteiger partial charge in [0.05, 0.1) is 23.0 Å². The van der Waals surface area contributed by atoms with Crippen molar-refractivity contribution in [1.82, 2.24) is 5.32 Å². The zero-order chi connectivity index (χ0) is 24.0. The van der Waals surface area contributed by atoms with E-state index in [1.807, 2.05) is 29.5 Å². The minimum atomic E-state index is -0.824. The Morgan fingerprint density at radius 3 is 2.52 bits per heavy atom. The van der Waals surface area contributed by atoms with Crippen LogP contribution in [0.4, 0.5) is 10.5 Å². The number of rotatable bonds is 8. The van der Waals surface area contributed by atoms with E-state index in [9.17, 15) is 14.4 Å². The first kappa shape index (κ1) is 24.1. The van der Waals surface area contributed by atoms with Gasteiger partial charge in [-0.25, -0.2) is 9.69 Å². The first-order valence-electron chi connectivity index (χ1n) is 9.97. The molecule has 1 N–H and O–H groups in total. The lowest BCUT2D eigenvalue weighted by Gasteiger charge is -2.26. The first-order chi connectivity index (χ1) is 15.9. The zero-order valence-corrected chi connectivity index (χ0v) is 20.2. The summed E-state index contributed by atoms with van der Waals surface area (Å²) in [5.74, 6) is 2.33. The second-order valence-electron chi connectivity index (χ2n) is 6.83. The average molecular weight is 560 g/mol. The molecule has 1 aliphatic rings. The summed E-state index contributed by atoms with van der Waals surface area (Å²) in [6.45, 7) is 2.61. The average Bonchev–Trinajstić information content (AvgIpc) is 2.80. The van der Waals surface area contributed by atoms with Crippen LogP contribution in [0.25, 0.3) is 6.08 Å². The predicted molar refractivity (Wildman–Crippen MR) is 131 cm³/mol. The van der Waals surface area contributed by atoms with E-state index in [0.717, 1.165) is 11.3 Å². The molecule has 0 aliphatic carbocycles. The standard InChI is InChI=1S/C24H21IN2O6/c1-4-10-32-17-8-6-16(7-9-17)27-23(29)18(22(28)26-24(27)30)12-15-13-19(25)21(33-11-5-2)20(14-15)31-3/h2,6-9,12-14H,4,10-11H2,1,3H3,(H,26,28,30)/b18-12-. The highest BCUT2D eigenvalue weighted by Gasteiger charge is 2.36. The van der Waals surface area contributed by atoms with Gasteiger partial charge in [-0.1, -0.05) is 12.8 Å². The lowest BCUT2D eigenvalue weighted by molar-refractivity contribution is -0.122. The summed E-state index contributed by atoms with van der Waals surface area (Å²) in [6, 6.07) is 8.99. The Labute approximate surface area is 205 Å². The number of nitrogens with zero attached hydrogens (tertiary/aromatic N) is 1. The summed E-state index contributed by atoms with van der Waals surface area (Å²) in [5, 5.41) is 2.21. The Morgan fingerprint density at radius 2 is 1.88 bits per heavy atom. The minimum Gasteiger partial charge on any atom is -0.494 e. The molecule has 2 aromatic rings. The van der Waals surface area contributed by atoms with Crippen LogP contribution >= 0.6 is 22.6 Å². The van der Waals surface area contributed by atoms with E-state index in [2.05, 4.69) is 11.2 Å². The van der Waals surface area contributed by atoms with Crippen LogP contribution in [0.5, 0.6) is 17.2 Å². The number of carbonyl (C=O) groups is 3. The lowest BCUT2D eigenvalue weighted by Crippen LogP contribution is -2.54. The van der Waals surface area contributed by atoms with E-state index in [1.54, 1.807) is 36.4 Å². The number of carbonyl (C=O) groups excluding carboxylic acids is 3. The second kappa shape index (κ2) is 10.9. The fourth-order valence-corrected chi connectivity index (χ4v) is 3.83. The van der Waals surface area contributed by atoms with Gasteiger partial charge in [0.1, 0.15) is 17.9 Å². The number of amides is 4. The maximum atomic E-state index is 13.1. The molecule has 8 nitrogen and oxygen atoms in total. The molecule has 0 spiro atoms. The van der Waals surface area contributed by atoms with Crippen LogP contribution in [0, 0.1) is 15.9 Å². The Bertz CT molecular complexity index is 1150. The topological polar surface area (TPSA) is 94.2 Å². The van der Waals surface area contributed by atoms with Gasteiger partial charge in [0, 0.05) is 0 Å². The molecule has 2 aromatic carbocycles. The third-order valence-corrected chi connectivity index (χ3v) is 5.33. The molecule has 33 heavy (non-hydrogen) atoms. The lowest BCUT2D eigenvalue weighted by atomic mass is 10.1. The van der Waals surface area contributed by atoms with Gasteiger partial charge in [-0.3, -0.25) is 14.9 Å². The molecule has 0 radical (unpaired) electrons. The number of benzene rings is 2. The predicted octanol–water partition coefficient (Wildman–Crippen LogP) is 3.77. The van der Waals surface area contributed by atoms with Crippen molar-refractivity contribution in [2.75, 3.05) is 25.2 Å². The van der Waals surface area contributed by atoms with Crippen molar-refractivity contribution in [2.24, 2.45) is 0 Å². The van der Waals surface area contributed by atoms with Gasteiger partial charge in [-0.2, -0.15) is 0 Å². The van der Waals surface area contributed by atoms with Gasteiger partial charge < -0.3 is 14.2 Å². The highest BCUT2D eigenvalue weighted by Crippen LogP contribution is 2.35. The Morgan fingerprint density at radius 1 is 1.15 bits per heavy atom. The van der Waals surface area contributed by atoms with E-state index >= 15 is 0 Å². The van der Waals surface area contributed by atoms with Gasteiger partial charge in [0.2, 0.25) is 0 Å². The molecule has 0 atom stereocenters. The van der Waals surface area contributed by atoms with Crippen molar-refractivity contribution in [1.29, 1.82) is 0 Å². The molecule has 170 valence electrons. The largest absolute Gasteiger partial charge is 0.494 e. The Hall–Kier alpha value is -3.52. The monoisotopic (exact) mass is 560 g/mol. The van der Waals surface area contributed by atoms with Gasteiger partial charge in [-0.05, 0) is 77.0 Å². The van der Waals surface area contributed by atoms with Crippen LogP contribution < -0.4 is 24.4 Å². The van der Waals surface area contributed by atoms with Crippen LogP contribution in [-0.2, 0) is 9.59 Å². The maximum Gasteiger partial charge on any atom is 0.335 e. The van der Waals surface area contributed by atoms with E-state index in [1.165, 1.54) is 13.2 Å². The van der Waals surface area contributed by atoms with Crippen LogP contribution in [0.1, 0.15) is 18.9 Å². The number of urea groups is 1. The summed E-state index contributed by atoms with van der Waals surface area (Å²) >= 11 is 2.04. The number of methoxy groups -OCH3 is 1. The van der Waals surface area contributed by atoms with Crippen molar-refractivity contribution in [2.45, 2.75) is 13.3 Å². The van der Waals surface area contributed by atoms with Crippen LogP contribution in [0.3, 0.4) is 0 Å². The van der Waals surface area contributed by atoms with Crippen molar-refractivity contribution in [3.8, 4) is 29.6 Å². The van der Waals surface area contributed by atoms with Crippen molar-refractivity contribution in [3.63, 3.8) is 0 Å². The number of halogens is 1. The molecule has 3 rings (SSSR count). The van der Waals surface area contributed by atoms with Gasteiger partial charge in [-0.15, -0.1) is 6.42 Å².